The van der Waals surface area contributed by atoms with E-state index in [2.05, 4.69) is 30.2 Å². The van der Waals surface area contributed by atoms with E-state index in [0.717, 1.165) is 27.1 Å². The molecule has 0 amide bonds. The van der Waals surface area contributed by atoms with Gasteiger partial charge in [0.2, 0.25) is 0 Å². The highest BCUT2D eigenvalue weighted by molar-refractivity contribution is 7.92. The SMILES string of the molecule is CCOc1ccc(-c2csc3ncnc(Nc4ccc(S(=O)(=O)Nc5ccc(Cl)nn5)cc4)c23)cc1. The summed E-state index contributed by atoms with van der Waals surface area (Å²) in [5.74, 6) is 1.50. The van der Waals surface area contributed by atoms with Crippen LogP contribution in [0, 0.1) is 0 Å². The minimum Gasteiger partial charge on any atom is -0.494 e. The molecule has 0 radical (unpaired) electrons. The van der Waals surface area contributed by atoms with Crippen molar-refractivity contribution in [1.82, 2.24) is 20.2 Å². The Morgan fingerprint density at radius 2 is 1.75 bits per heavy atom. The first-order valence-corrected chi connectivity index (χ1v) is 13.5. The summed E-state index contributed by atoms with van der Waals surface area (Å²) in [6.07, 6.45) is 1.50. The fourth-order valence-corrected chi connectivity index (χ4v) is 5.51. The Bertz CT molecular complexity index is 1610. The molecule has 2 N–H and O–H groups in total. The van der Waals surface area contributed by atoms with E-state index in [1.807, 2.05) is 36.6 Å². The number of anilines is 3. The maximum atomic E-state index is 12.7. The van der Waals surface area contributed by atoms with Gasteiger partial charge in [0.1, 0.15) is 22.7 Å². The van der Waals surface area contributed by atoms with Gasteiger partial charge >= 0.3 is 0 Å². The Balaban J connectivity index is 1.40. The van der Waals surface area contributed by atoms with Crippen molar-refractivity contribution in [3.63, 3.8) is 0 Å². The average molecular weight is 539 g/mol. The average Bonchev–Trinajstić information content (AvgIpc) is 3.32. The first kappa shape index (κ1) is 23.9. The molecule has 0 aliphatic carbocycles. The number of rotatable bonds is 8. The number of aromatic nitrogens is 4. The molecule has 3 heterocycles. The molecule has 9 nitrogen and oxygen atoms in total. The van der Waals surface area contributed by atoms with E-state index < -0.39 is 10.0 Å². The zero-order valence-electron chi connectivity index (χ0n) is 18.8. The molecule has 0 saturated heterocycles. The maximum Gasteiger partial charge on any atom is 0.263 e. The van der Waals surface area contributed by atoms with Gasteiger partial charge in [0.15, 0.2) is 11.0 Å². The highest BCUT2D eigenvalue weighted by atomic mass is 35.5. The molecule has 3 aromatic heterocycles. The lowest BCUT2D eigenvalue weighted by Gasteiger charge is -2.10. The molecular formula is C24H19ClN6O3S2. The van der Waals surface area contributed by atoms with Gasteiger partial charge in [0.05, 0.1) is 16.9 Å². The van der Waals surface area contributed by atoms with Gasteiger partial charge in [-0.2, -0.15) is 0 Å². The third kappa shape index (κ3) is 5.08. The lowest BCUT2D eigenvalue weighted by atomic mass is 10.1. The number of halogens is 1. The van der Waals surface area contributed by atoms with E-state index in [9.17, 15) is 8.42 Å². The predicted octanol–water partition coefficient (Wildman–Crippen LogP) is 5.74. The lowest BCUT2D eigenvalue weighted by molar-refractivity contribution is 0.340. The number of nitrogens with one attached hydrogen (secondary N) is 2. The molecule has 0 aliphatic rings. The zero-order valence-corrected chi connectivity index (χ0v) is 21.2. The third-order valence-electron chi connectivity index (χ3n) is 5.14. The first-order valence-electron chi connectivity index (χ1n) is 10.8. The molecule has 12 heteroatoms. The molecule has 0 atom stereocenters. The molecular weight excluding hydrogens is 520 g/mol. The molecule has 0 aliphatic heterocycles. The summed E-state index contributed by atoms with van der Waals surface area (Å²) in [5, 5.41) is 13.8. The summed E-state index contributed by atoms with van der Waals surface area (Å²) in [6, 6.07) is 17.1. The largest absolute Gasteiger partial charge is 0.494 e. The van der Waals surface area contributed by atoms with Crippen molar-refractivity contribution in [2.75, 3.05) is 16.6 Å². The first-order chi connectivity index (χ1) is 17.4. The highest BCUT2D eigenvalue weighted by Crippen LogP contribution is 2.38. The van der Waals surface area contributed by atoms with Crippen LogP contribution in [0.1, 0.15) is 6.92 Å². The van der Waals surface area contributed by atoms with Crippen LogP contribution in [0.4, 0.5) is 17.3 Å². The molecule has 0 fully saturated rings. The molecule has 0 spiro atoms. The number of benzene rings is 2. The summed E-state index contributed by atoms with van der Waals surface area (Å²) >= 11 is 7.23. The van der Waals surface area contributed by atoms with Gasteiger partial charge in [0, 0.05) is 16.6 Å². The number of nitrogens with zero attached hydrogens (tertiary/aromatic N) is 4. The van der Waals surface area contributed by atoms with Gasteiger partial charge in [-0.15, -0.1) is 21.5 Å². The highest BCUT2D eigenvalue weighted by Gasteiger charge is 2.17. The van der Waals surface area contributed by atoms with Crippen molar-refractivity contribution in [2.45, 2.75) is 11.8 Å². The Kier molecular flexibility index (Phi) is 6.68. The van der Waals surface area contributed by atoms with Crippen LogP contribution in [0.5, 0.6) is 5.75 Å². The monoisotopic (exact) mass is 538 g/mol. The minimum atomic E-state index is -3.85. The van der Waals surface area contributed by atoms with Crippen molar-refractivity contribution in [3.8, 4) is 16.9 Å². The van der Waals surface area contributed by atoms with E-state index in [1.165, 1.54) is 41.9 Å². The Labute approximate surface area is 216 Å². The van der Waals surface area contributed by atoms with Crippen LogP contribution in [-0.2, 0) is 10.0 Å². The van der Waals surface area contributed by atoms with E-state index in [-0.39, 0.29) is 15.9 Å². The summed E-state index contributed by atoms with van der Waals surface area (Å²) in [5.41, 5.74) is 2.68. The minimum absolute atomic E-state index is 0.0724. The fraction of sp³-hybridized carbons (Fsp3) is 0.0833. The topological polar surface area (TPSA) is 119 Å². The number of sulfonamides is 1. The Morgan fingerprint density at radius 3 is 2.44 bits per heavy atom. The van der Waals surface area contributed by atoms with Crippen LogP contribution < -0.4 is 14.8 Å². The van der Waals surface area contributed by atoms with Crippen LogP contribution in [-0.4, -0.2) is 35.2 Å². The molecule has 5 aromatic rings. The molecule has 5 rings (SSSR count). The quantitative estimate of drug-likeness (QED) is 0.256. The van der Waals surface area contributed by atoms with E-state index in [0.29, 0.717) is 18.1 Å². The summed E-state index contributed by atoms with van der Waals surface area (Å²) in [6.45, 7) is 2.55. The smallest absolute Gasteiger partial charge is 0.263 e. The molecule has 0 saturated carbocycles. The van der Waals surface area contributed by atoms with E-state index >= 15 is 0 Å². The van der Waals surface area contributed by atoms with Crippen molar-refractivity contribution >= 4 is 60.5 Å². The second-order valence-electron chi connectivity index (χ2n) is 7.51. The molecule has 0 unspecified atom stereocenters. The Hall–Kier alpha value is -3.80. The second kappa shape index (κ2) is 10.1. The summed E-state index contributed by atoms with van der Waals surface area (Å²) < 4.78 is 33.3. The van der Waals surface area contributed by atoms with Gasteiger partial charge in [-0.05, 0) is 61.0 Å². The van der Waals surface area contributed by atoms with Gasteiger partial charge in [-0.25, -0.2) is 18.4 Å². The van der Waals surface area contributed by atoms with Crippen LogP contribution >= 0.6 is 22.9 Å². The fourth-order valence-electron chi connectivity index (χ4n) is 3.50. The van der Waals surface area contributed by atoms with Crippen molar-refractivity contribution in [1.29, 1.82) is 0 Å². The molecule has 2 aromatic carbocycles. The standard InChI is InChI=1S/C24H19ClN6O3S2/c1-2-34-17-7-3-15(4-8-17)19-13-35-24-22(19)23(26-14-27-24)28-16-5-9-18(10-6-16)36(32,33)31-21-12-11-20(25)29-30-21/h3-14H,2H2,1H3,(H,30,31)(H,26,27,28). The van der Waals surface area contributed by atoms with E-state index in [1.54, 1.807) is 12.1 Å². The van der Waals surface area contributed by atoms with Crippen molar-refractivity contribution in [3.05, 3.63) is 77.5 Å². The van der Waals surface area contributed by atoms with Crippen LogP contribution in [0.3, 0.4) is 0 Å². The van der Waals surface area contributed by atoms with Crippen LogP contribution in [0.25, 0.3) is 21.3 Å². The van der Waals surface area contributed by atoms with Gasteiger partial charge < -0.3 is 10.1 Å². The van der Waals surface area contributed by atoms with Gasteiger partial charge in [-0.3, -0.25) is 4.72 Å². The normalized spacial score (nSPS) is 11.4. The van der Waals surface area contributed by atoms with Crippen LogP contribution in [0.15, 0.2) is 77.3 Å². The maximum absolute atomic E-state index is 12.7. The third-order valence-corrected chi connectivity index (χ3v) is 7.60. The Morgan fingerprint density at radius 1 is 0.972 bits per heavy atom. The molecule has 36 heavy (non-hydrogen) atoms. The second-order valence-corrected chi connectivity index (χ2v) is 10.4. The molecule has 182 valence electrons. The number of ether oxygens (including phenoxy) is 1. The number of fused-ring (bicyclic) bond motifs is 1. The summed E-state index contributed by atoms with van der Waals surface area (Å²) in [4.78, 5) is 9.76. The predicted molar refractivity (Wildman–Crippen MR) is 142 cm³/mol. The van der Waals surface area contributed by atoms with Crippen molar-refractivity contribution < 1.29 is 13.2 Å². The van der Waals surface area contributed by atoms with E-state index in [4.69, 9.17) is 16.3 Å². The van der Waals surface area contributed by atoms with Crippen LogP contribution in [0.2, 0.25) is 5.15 Å². The molecule has 0 bridgehead atoms. The van der Waals surface area contributed by atoms with Crippen molar-refractivity contribution in [2.24, 2.45) is 0 Å². The number of hydrogen-bond donors (Lipinski definition) is 2. The lowest BCUT2D eigenvalue weighted by Crippen LogP contribution is -2.14. The zero-order chi connectivity index (χ0) is 25.1. The number of thiophene rings is 1. The van der Waals surface area contributed by atoms with Gasteiger partial charge in [0.25, 0.3) is 10.0 Å². The number of hydrogen-bond acceptors (Lipinski definition) is 9. The van der Waals surface area contributed by atoms with Gasteiger partial charge in [-0.1, -0.05) is 23.7 Å². The summed E-state index contributed by atoms with van der Waals surface area (Å²) in [7, 11) is -3.85.